The standard InChI is InChI=1S/C23H38ClN5/c1-4-25-23(26-15-18-11-13-29(5-2)17-18)27-16-20-9-7-12-28(3)22(20)19-8-6-10-21(24)14-19/h6,8,10,14,18,20,22H,4-5,7,9,11-13,15-17H2,1-3H3,(H2,25,26,27). The summed E-state index contributed by atoms with van der Waals surface area (Å²) >= 11 is 6.29. The normalized spacial score (nSPS) is 26.6. The Bertz CT molecular complexity index is 664. The molecule has 0 spiro atoms. The maximum Gasteiger partial charge on any atom is 0.191 e. The first kappa shape index (κ1) is 22.4. The number of nitrogens with zero attached hydrogens (tertiary/aromatic N) is 3. The minimum absolute atomic E-state index is 0.394. The van der Waals surface area contributed by atoms with Crippen molar-refractivity contribution in [2.75, 3.05) is 52.9 Å². The van der Waals surface area contributed by atoms with Crippen LogP contribution in [0.1, 0.15) is 44.7 Å². The van der Waals surface area contributed by atoms with Gasteiger partial charge < -0.3 is 15.5 Å². The van der Waals surface area contributed by atoms with Gasteiger partial charge in [-0.1, -0.05) is 30.7 Å². The van der Waals surface area contributed by atoms with Crippen LogP contribution in [0.2, 0.25) is 5.02 Å². The van der Waals surface area contributed by atoms with E-state index in [0.717, 1.165) is 43.7 Å². The third-order valence-corrected chi connectivity index (χ3v) is 6.63. The highest BCUT2D eigenvalue weighted by molar-refractivity contribution is 6.30. The topological polar surface area (TPSA) is 42.9 Å². The maximum atomic E-state index is 6.29. The van der Waals surface area contributed by atoms with Crippen LogP contribution in [0.5, 0.6) is 0 Å². The number of nitrogens with one attached hydrogen (secondary N) is 2. The first-order chi connectivity index (χ1) is 14.1. The quantitative estimate of drug-likeness (QED) is 0.523. The molecule has 2 aliphatic rings. The molecule has 3 rings (SSSR count). The number of guanidine groups is 1. The van der Waals surface area contributed by atoms with Crippen LogP contribution in [0.25, 0.3) is 0 Å². The smallest absolute Gasteiger partial charge is 0.191 e. The molecule has 5 nitrogen and oxygen atoms in total. The molecule has 6 heteroatoms. The molecule has 1 aromatic rings. The maximum absolute atomic E-state index is 6.29. The average molecular weight is 420 g/mol. The van der Waals surface area contributed by atoms with Crippen molar-refractivity contribution >= 4 is 17.6 Å². The molecule has 0 bridgehead atoms. The van der Waals surface area contributed by atoms with Crippen LogP contribution in [0.3, 0.4) is 0 Å². The Morgan fingerprint density at radius 3 is 2.79 bits per heavy atom. The molecule has 162 valence electrons. The van der Waals surface area contributed by atoms with Crippen LogP contribution >= 0.6 is 11.6 Å². The van der Waals surface area contributed by atoms with Crippen LogP contribution in [-0.4, -0.2) is 68.6 Å². The summed E-state index contributed by atoms with van der Waals surface area (Å²) in [6.45, 7) is 11.8. The summed E-state index contributed by atoms with van der Waals surface area (Å²) in [5.41, 5.74) is 1.32. The van der Waals surface area contributed by atoms with E-state index in [9.17, 15) is 0 Å². The Morgan fingerprint density at radius 1 is 1.21 bits per heavy atom. The second-order valence-electron chi connectivity index (χ2n) is 8.53. The van der Waals surface area contributed by atoms with Crippen molar-refractivity contribution in [3.8, 4) is 0 Å². The van der Waals surface area contributed by atoms with Crippen molar-refractivity contribution < 1.29 is 0 Å². The van der Waals surface area contributed by atoms with E-state index in [2.05, 4.69) is 59.5 Å². The fraction of sp³-hybridized carbons (Fsp3) is 0.696. The fourth-order valence-electron chi connectivity index (χ4n) is 4.83. The van der Waals surface area contributed by atoms with E-state index in [4.69, 9.17) is 16.6 Å². The van der Waals surface area contributed by atoms with Gasteiger partial charge in [-0.25, -0.2) is 0 Å². The molecular formula is C23H38ClN5. The third kappa shape index (κ3) is 6.34. The Balaban J connectivity index is 1.61. The molecule has 2 N–H and O–H groups in total. The molecule has 2 fully saturated rings. The second-order valence-corrected chi connectivity index (χ2v) is 8.97. The third-order valence-electron chi connectivity index (χ3n) is 6.40. The van der Waals surface area contributed by atoms with Gasteiger partial charge in [0.25, 0.3) is 0 Å². The number of aliphatic imine (C=N–C) groups is 1. The molecule has 0 radical (unpaired) electrons. The lowest BCUT2D eigenvalue weighted by molar-refractivity contribution is 0.122. The van der Waals surface area contributed by atoms with E-state index in [0.29, 0.717) is 17.9 Å². The molecule has 0 aromatic heterocycles. The van der Waals surface area contributed by atoms with E-state index in [1.807, 2.05) is 6.07 Å². The minimum atomic E-state index is 0.394. The Hall–Kier alpha value is -1.30. The lowest BCUT2D eigenvalue weighted by Crippen LogP contribution is -2.45. The summed E-state index contributed by atoms with van der Waals surface area (Å²) < 4.78 is 0. The molecule has 2 saturated heterocycles. The molecular weight excluding hydrogens is 382 g/mol. The highest BCUT2D eigenvalue weighted by Gasteiger charge is 2.30. The van der Waals surface area contributed by atoms with Gasteiger partial charge in [-0.05, 0) is 82.4 Å². The lowest BCUT2D eigenvalue weighted by atomic mass is 9.85. The van der Waals surface area contributed by atoms with Gasteiger partial charge in [-0.2, -0.15) is 0 Å². The van der Waals surface area contributed by atoms with Crippen LogP contribution in [-0.2, 0) is 0 Å². The number of benzene rings is 1. The number of hydrogen-bond acceptors (Lipinski definition) is 3. The minimum Gasteiger partial charge on any atom is -0.357 e. The van der Waals surface area contributed by atoms with Gasteiger partial charge >= 0.3 is 0 Å². The molecule has 1 aromatic carbocycles. The molecule has 0 aliphatic carbocycles. The molecule has 29 heavy (non-hydrogen) atoms. The molecule has 0 amide bonds. The van der Waals surface area contributed by atoms with Crippen LogP contribution in [0, 0.1) is 11.8 Å². The fourth-order valence-corrected chi connectivity index (χ4v) is 5.03. The number of hydrogen-bond donors (Lipinski definition) is 2. The van der Waals surface area contributed by atoms with Crippen molar-refractivity contribution in [3.63, 3.8) is 0 Å². The van der Waals surface area contributed by atoms with E-state index in [1.165, 1.54) is 37.9 Å². The summed E-state index contributed by atoms with van der Waals surface area (Å²) in [5.74, 6) is 2.18. The molecule has 2 aliphatic heterocycles. The van der Waals surface area contributed by atoms with E-state index in [1.54, 1.807) is 0 Å². The summed E-state index contributed by atoms with van der Waals surface area (Å²) in [7, 11) is 2.23. The Morgan fingerprint density at radius 2 is 2.07 bits per heavy atom. The van der Waals surface area contributed by atoms with Gasteiger partial charge in [0.05, 0.1) is 0 Å². The van der Waals surface area contributed by atoms with Gasteiger partial charge in [0, 0.05) is 37.2 Å². The van der Waals surface area contributed by atoms with Gasteiger partial charge in [0.1, 0.15) is 0 Å². The predicted octanol–water partition coefficient (Wildman–Crippen LogP) is 3.62. The van der Waals surface area contributed by atoms with Crippen LogP contribution in [0.15, 0.2) is 29.3 Å². The number of rotatable bonds is 7. The van der Waals surface area contributed by atoms with Crippen LogP contribution < -0.4 is 10.6 Å². The lowest BCUT2D eigenvalue weighted by Gasteiger charge is -2.40. The zero-order chi connectivity index (χ0) is 20.6. The van der Waals surface area contributed by atoms with Gasteiger partial charge in [0.2, 0.25) is 0 Å². The first-order valence-corrected chi connectivity index (χ1v) is 11.7. The van der Waals surface area contributed by atoms with Gasteiger partial charge in [-0.3, -0.25) is 9.89 Å². The predicted molar refractivity (Wildman–Crippen MR) is 124 cm³/mol. The molecule has 2 heterocycles. The Kier molecular flexibility index (Phi) is 8.64. The summed E-state index contributed by atoms with van der Waals surface area (Å²) in [6.07, 6.45) is 3.73. The van der Waals surface area contributed by atoms with Gasteiger partial charge in [-0.15, -0.1) is 0 Å². The zero-order valence-corrected chi connectivity index (χ0v) is 19.1. The first-order valence-electron chi connectivity index (χ1n) is 11.3. The van der Waals surface area contributed by atoms with Crippen LogP contribution in [0.4, 0.5) is 0 Å². The van der Waals surface area contributed by atoms with E-state index >= 15 is 0 Å². The van der Waals surface area contributed by atoms with Crippen molar-refractivity contribution in [3.05, 3.63) is 34.9 Å². The van der Waals surface area contributed by atoms with Crippen molar-refractivity contribution in [1.82, 2.24) is 20.4 Å². The highest BCUT2D eigenvalue weighted by Crippen LogP contribution is 2.35. The number of piperidine rings is 1. The summed E-state index contributed by atoms with van der Waals surface area (Å²) in [4.78, 5) is 9.91. The molecule has 3 atom stereocenters. The number of likely N-dealkylation sites (tertiary alicyclic amines) is 2. The Labute approximate surface area is 181 Å². The van der Waals surface area contributed by atoms with E-state index in [-0.39, 0.29) is 0 Å². The highest BCUT2D eigenvalue weighted by atomic mass is 35.5. The summed E-state index contributed by atoms with van der Waals surface area (Å²) in [6, 6.07) is 8.76. The monoisotopic (exact) mass is 419 g/mol. The van der Waals surface area contributed by atoms with E-state index < -0.39 is 0 Å². The van der Waals surface area contributed by atoms with Gasteiger partial charge in [0.15, 0.2) is 5.96 Å². The van der Waals surface area contributed by atoms with Crippen molar-refractivity contribution in [1.29, 1.82) is 0 Å². The van der Waals surface area contributed by atoms with Crippen molar-refractivity contribution in [2.45, 2.75) is 39.2 Å². The SMILES string of the molecule is CCNC(=NCC1CCN(CC)C1)NCC1CCCN(C)C1c1cccc(Cl)c1. The number of halogens is 1. The second kappa shape index (κ2) is 11.2. The molecule has 0 saturated carbocycles. The van der Waals surface area contributed by atoms with Crippen molar-refractivity contribution in [2.24, 2.45) is 16.8 Å². The molecule has 3 unspecified atom stereocenters. The largest absolute Gasteiger partial charge is 0.357 e. The zero-order valence-electron chi connectivity index (χ0n) is 18.3. The summed E-state index contributed by atoms with van der Waals surface area (Å²) in [5, 5.41) is 7.90. The average Bonchev–Trinajstić information content (AvgIpc) is 3.18.